The number of hydrogen-bond donors (Lipinski definition) is 1. The summed E-state index contributed by atoms with van der Waals surface area (Å²) < 4.78 is 0. The SMILES string of the molecule is CCCCc1ccc(NC(=O)c2cccnc2C)cc1. The number of pyridine rings is 1. The summed E-state index contributed by atoms with van der Waals surface area (Å²) >= 11 is 0. The number of aromatic nitrogens is 1. The van der Waals surface area contributed by atoms with E-state index in [1.165, 1.54) is 18.4 Å². The Morgan fingerprint density at radius 3 is 2.60 bits per heavy atom. The van der Waals surface area contributed by atoms with Crippen molar-refractivity contribution in [2.75, 3.05) is 5.32 Å². The molecule has 1 amide bonds. The van der Waals surface area contributed by atoms with Crippen LogP contribution >= 0.6 is 0 Å². The molecule has 0 fully saturated rings. The number of unbranched alkanes of at least 4 members (excludes halogenated alkanes) is 1. The summed E-state index contributed by atoms with van der Waals surface area (Å²) in [5.41, 5.74) is 3.48. The Bertz CT molecular complexity index is 576. The van der Waals surface area contributed by atoms with E-state index in [1.54, 1.807) is 18.3 Å². The number of rotatable bonds is 5. The van der Waals surface area contributed by atoms with Gasteiger partial charge in [-0.3, -0.25) is 9.78 Å². The van der Waals surface area contributed by atoms with Crippen molar-refractivity contribution in [2.24, 2.45) is 0 Å². The van der Waals surface area contributed by atoms with Gasteiger partial charge in [0.05, 0.1) is 5.56 Å². The zero-order valence-corrected chi connectivity index (χ0v) is 12.0. The van der Waals surface area contributed by atoms with Crippen molar-refractivity contribution >= 4 is 11.6 Å². The first kappa shape index (κ1) is 14.3. The molecule has 0 aliphatic carbocycles. The average molecular weight is 268 g/mol. The van der Waals surface area contributed by atoms with Crippen molar-refractivity contribution in [1.29, 1.82) is 0 Å². The quantitative estimate of drug-likeness (QED) is 0.891. The highest BCUT2D eigenvalue weighted by atomic mass is 16.1. The molecule has 104 valence electrons. The highest BCUT2D eigenvalue weighted by molar-refractivity contribution is 6.04. The summed E-state index contributed by atoms with van der Waals surface area (Å²) in [4.78, 5) is 16.3. The zero-order chi connectivity index (χ0) is 14.4. The molecule has 20 heavy (non-hydrogen) atoms. The second kappa shape index (κ2) is 6.85. The highest BCUT2D eigenvalue weighted by Crippen LogP contribution is 2.14. The van der Waals surface area contributed by atoms with Crippen molar-refractivity contribution in [3.05, 3.63) is 59.4 Å². The fraction of sp³-hybridized carbons (Fsp3) is 0.294. The molecule has 1 aromatic carbocycles. The third kappa shape index (κ3) is 3.67. The molecule has 2 aromatic rings. The first-order chi connectivity index (χ1) is 9.70. The van der Waals surface area contributed by atoms with E-state index in [4.69, 9.17) is 0 Å². The van der Waals surface area contributed by atoms with Crippen molar-refractivity contribution < 1.29 is 4.79 Å². The Morgan fingerprint density at radius 2 is 1.95 bits per heavy atom. The number of hydrogen-bond acceptors (Lipinski definition) is 2. The molecule has 1 heterocycles. The number of benzene rings is 1. The molecule has 0 saturated heterocycles. The minimum absolute atomic E-state index is 0.114. The van der Waals surface area contributed by atoms with Gasteiger partial charge in [-0.15, -0.1) is 0 Å². The minimum atomic E-state index is -0.114. The standard InChI is InChI=1S/C17H20N2O/c1-3-4-6-14-8-10-15(11-9-14)19-17(20)16-7-5-12-18-13(16)2/h5,7-12H,3-4,6H2,1-2H3,(H,19,20). The fourth-order valence-electron chi connectivity index (χ4n) is 2.06. The summed E-state index contributed by atoms with van der Waals surface area (Å²) in [6, 6.07) is 11.6. The highest BCUT2D eigenvalue weighted by Gasteiger charge is 2.09. The molecule has 3 nitrogen and oxygen atoms in total. The maximum absolute atomic E-state index is 12.1. The lowest BCUT2D eigenvalue weighted by atomic mass is 10.1. The molecule has 3 heteroatoms. The van der Waals surface area contributed by atoms with E-state index in [2.05, 4.69) is 29.4 Å². The van der Waals surface area contributed by atoms with Gasteiger partial charge >= 0.3 is 0 Å². The van der Waals surface area contributed by atoms with Crippen molar-refractivity contribution in [3.63, 3.8) is 0 Å². The molecule has 2 rings (SSSR count). The topological polar surface area (TPSA) is 42.0 Å². The number of amides is 1. The minimum Gasteiger partial charge on any atom is -0.322 e. The number of anilines is 1. The molecule has 0 atom stereocenters. The van der Waals surface area contributed by atoms with Crippen LogP contribution in [0.25, 0.3) is 0 Å². The molecular formula is C17H20N2O. The first-order valence-corrected chi connectivity index (χ1v) is 7.02. The molecule has 0 saturated carbocycles. The van der Waals surface area contributed by atoms with Crippen LogP contribution in [-0.4, -0.2) is 10.9 Å². The lowest BCUT2D eigenvalue weighted by molar-refractivity contribution is 0.102. The van der Waals surface area contributed by atoms with Crippen LogP contribution in [0.5, 0.6) is 0 Å². The van der Waals surface area contributed by atoms with E-state index in [-0.39, 0.29) is 5.91 Å². The number of nitrogens with one attached hydrogen (secondary N) is 1. The van der Waals surface area contributed by atoms with Gasteiger partial charge in [0.15, 0.2) is 0 Å². The van der Waals surface area contributed by atoms with Crippen molar-refractivity contribution in [3.8, 4) is 0 Å². The molecule has 0 unspecified atom stereocenters. The normalized spacial score (nSPS) is 10.3. The molecule has 0 aliphatic rings. The summed E-state index contributed by atoms with van der Waals surface area (Å²) in [5, 5.41) is 2.90. The summed E-state index contributed by atoms with van der Waals surface area (Å²) in [6.45, 7) is 4.02. The van der Waals surface area contributed by atoms with Gasteiger partial charge in [-0.25, -0.2) is 0 Å². The predicted octanol–water partition coefficient (Wildman–Crippen LogP) is 3.98. The van der Waals surface area contributed by atoms with Crippen LogP contribution in [0.2, 0.25) is 0 Å². The third-order valence-electron chi connectivity index (χ3n) is 3.28. The smallest absolute Gasteiger partial charge is 0.257 e. The van der Waals surface area contributed by atoms with Crippen molar-refractivity contribution in [1.82, 2.24) is 4.98 Å². The molecular weight excluding hydrogens is 248 g/mol. The second-order valence-electron chi connectivity index (χ2n) is 4.89. The van der Waals surface area contributed by atoms with Crippen LogP contribution in [0, 0.1) is 6.92 Å². The van der Waals surface area contributed by atoms with Crippen LogP contribution in [-0.2, 0) is 6.42 Å². The Kier molecular flexibility index (Phi) is 4.88. The van der Waals surface area contributed by atoms with Crippen LogP contribution in [0.1, 0.15) is 41.4 Å². The number of carbonyl (C=O) groups excluding carboxylic acids is 1. The summed E-state index contributed by atoms with van der Waals surface area (Å²) in [6.07, 6.45) is 5.17. The fourth-order valence-corrected chi connectivity index (χ4v) is 2.06. The van der Waals surface area contributed by atoms with E-state index < -0.39 is 0 Å². The Labute approximate surface area is 120 Å². The Morgan fingerprint density at radius 1 is 1.20 bits per heavy atom. The maximum Gasteiger partial charge on any atom is 0.257 e. The van der Waals surface area contributed by atoms with Gasteiger partial charge in [-0.05, 0) is 49.6 Å². The van der Waals surface area contributed by atoms with Gasteiger partial charge in [0.2, 0.25) is 0 Å². The lowest BCUT2D eigenvalue weighted by Gasteiger charge is -2.08. The van der Waals surface area contributed by atoms with Crippen LogP contribution in [0.3, 0.4) is 0 Å². The average Bonchev–Trinajstić information content (AvgIpc) is 2.47. The monoisotopic (exact) mass is 268 g/mol. The van der Waals surface area contributed by atoms with E-state index in [0.717, 1.165) is 17.8 Å². The number of aryl methyl sites for hydroxylation is 2. The van der Waals surface area contributed by atoms with E-state index >= 15 is 0 Å². The lowest BCUT2D eigenvalue weighted by Crippen LogP contribution is -2.13. The van der Waals surface area contributed by atoms with Crippen molar-refractivity contribution in [2.45, 2.75) is 33.1 Å². The van der Waals surface area contributed by atoms with E-state index in [0.29, 0.717) is 5.56 Å². The van der Waals surface area contributed by atoms with Crippen LogP contribution < -0.4 is 5.32 Å². The largest absolute Gasteiger partial charge is 0.322 e. The molecule has 1 aromatic heterocycles. The zero-order valence-electron chi connectivity index (χ0n) is 12.0. The van der Waals surface area contributed by atoms with E-state index in [1.807, 2.05) is 19.1 Å². The molecule has 0 spiro atoms. The Hall–Kier alpha value is -2.16. The van der Waals surface area contributed by atoms with Gasteiger partial charge in [0.1, 0.15) is 0 Å². The summed E-state index contributed by atoms with van der Waals surface area (Å²) in [7, 11) is 0. The third-order valence-corrected chi connectivity index (χ3v) is 3.28. The Balaban J connectivity index is 2.03. The van der Waals surface area contributed by atoms with Gasteiger partial charge in [-0.2, -0.15) is 0 Å². The first-order valence-electron chi connectivity index (χ1n) is 7.02. The van der Waals surface area contributed by atoms with Crippen LogP contribution in [0.4, 0.5) is 5.69 Å². The second-order valence-corrected chi connectivity index (χ2v) is 4.89. The van der Waals surface area contributed by atoms with Gasteiger partial charge in [0, 0.05) is 17.6 Å². The van der Waals surface area contributed by atoms with Crippen LogP contribution in [0.15, 0.2) is 42.6 Å². The van der Waals surface area contributed by atoms with Gasteiger partial charge in [0.25, 0.3) is 5.91 Å². The molecule has 0 radical (unpaired) electrons. The molecule has 0 bridgehead atoms. The molecule has 1 N–H and O–H groups in total. The number of carbonyl (C=O) groups is 1. The number of nitrogens with zero attached hydrogens (tertiary/aromatic N) is 1. The summed E-state index contributed by atoms with van der Waals surface area (Å²) in [5.74, 6) is -0.114. The maximum atomic E-state index is 12.1. The van der Waals surface area contributed by atoms with Gasteiger partial charge < -0.3 is 5.32 Å². The molecule has 0 aliphatic heterocycles. The van der Waals surface area contributed by atoms with E-state index in [9.17, 15) is 4.79 Å². The predicted molar refractivity (Wildman–Crippen MR) is 82.0 cm³/mol. The van der Waals surface area contributed by atoms with Gasteiger partial charge in [-0.1, -0.05) is 25.5 Å².